The number of hydrogen-bond donors (Lipinski definition) is 1. The van der Waals surface area contributed by atoms with Crippen LogP contribution in [0.5, 0.6) is 11.5 Å². The van der Waals surface area contributed by atoms with Crippen LogP contribution in [0, 0.1) is 6.92 Å². The molecule has 0 bridgehead atoms. The second kappa shape index (κ2) is 8.73. The van der Waals surface area contributed by atoms with Crippen molar-refractivity contribution in [3.8, 4) is 22.1 Å². The molecule has 144 valence electrons. The fourth-order valence-corrected chi connectivity index (χ4v) is 4.05. The molecule has 0 saturated carbocycles. The van der Waals surface area contributed by atoms with Gasteiger partial charge in [-0.2, -0.15) is 0 Å². The van der Waals surface area contributed by atoms with Gasteiger partial charge in [0.05, 0.1) is 27.7 Å². The highest BCUT2D eigenvalue weighted by Gasteiger charge is 2.17. The zero-order valence-corrected chi connectivity index (χ0v) is 17.4. The van der Waals surface area contributed by atoms with Crippen molar-refractivity contribution in [1.29, 1.82) is 0 Å². The zero-order chi connectivity index (χ0) is 20.3. The Labute approximate surface area is 176 Å². The monoisotopic (exact) mass is 434 g/mol. The normalized spacial score (nSPS) is 11.1. The van der Waals surface area contributed by atoms with E-state index in [-0.39, 0.29) is 28.8 Å². The molecule has 8 heteroatoms. The van der Waals surface area contributed by atoms with Crippen LogP contribution in [0.4, 0.5) is 0 Å². The van der Waals surface area contributed by atoms with E-state index < -0.39 is 0 Å². The number of ether oxygens (including phenoxy) is 1. The van der Waals surface area contributed by atoms with Crippen LogP contribution in [0.15, 0.2) is 41.4 Å². The predicted octanol–water partition coefficient (Wildman–Crippen LogP) is 5.44. The Balaban J connectivity index is 1.77. The SMILES string of the molecule is COc1ccc(C=NCC(=O)c2sc(-c3ccccc3Cl)nc2C)c(Cl)c1O. The van der Waals surface area contributed by atoms with Crippen LogP contribution < -0.4 is 4.74 Å². The number of phenolic OH excluding ortho intramolecular Hbond substituents is 1. The molecule has 1 N–H and O–H groups in total. The van der Waals surface area contributed by atoms with Gasteiger partial charge in [0.15, 0.2) is 17.3 Å². The fraction of sp³-hybridized carbons (Fsp3) is 0.150. The minimum atomic E-state index is -0.165. The summed E-state index contributed by atoms with van der Waals surface area (Å²) in [5.41, 5.74) is 1.92. The molecule has 0 amide bonds. The van der Waals surface area contributed by atoms with E-state index in [0.717, 1.165) is 5.56 Å². The topological polar surface area (TPSA) is 71.8 Å². The van der Waals surface area contributed by atoms with Crippen LogP contribution in [0.1, 0.15) is 20.9 Å². The average Bonchev–Trinajstić information content (AvgIpc) is 3.07. The number of methoxy groups -OCH3 is 1. The van der Waals surface area contributed by atoms with Gasteiger partial charge < -0.3 is 9.84 Å². The summed E-state index contributed by atoms with van der Waals surface area (Å²) >= 11 is 13.6. The van der Waals surface area contributed by atoms with Gasteiger partial charge in [-0.25, -0.2) is 4.98 Å². The first-order valence-electron chi connectivity index (χ1n) is 8.23. The summed E-state index contributed by atoms with van der Waals surface area (Å²) in [6.45, 7) is 1.72. The zero-order valence-electron chi connectivity index (χ0n) is 15.1. The van der Waals surface area contributed by atoms with E-state index in [0.29, 0.717) is 26.2 Å². The second-order valence-corrected chi connectivity index (χ2v) is 7.61. The van der Waals surface area contributed by atoms with Crippen molar-refractivity contribution in [1.82, 2.24) is 4.98 Å². The Hall–Kier alpha value is -2.41. The highest BCUT2D eigenvalue weighted by molar-refractivity contribution is 7.17. The van der Waals surface area contributed by atoms with Crippen molar-refractivity contribution >= 4 is 46.5 Å². The van der Waals surface area contributed by atoms with E-state index >= 15 is 0 Å². The number of rotatable bonds is 6. The molecule has 0 spiro atoms. The molecule has 0 unspecified atom stereocenters. The molecule has 0 fully saturated rings. The molecule has 5 nitrogen and oxygen atoms in total. The molecule has 0 saturated heterocycles. The number of Topliss-reactive ketones (excluding diaryl/α,β-unsaturated/α-hetero) is 1. The van der Waals surface area contributed by atoms with E-state index in [9.17, 15) is 9.90 Å². The molecular formula is C20H16Cl2N2O3S. The molecule has 28 heavy (non-hydrogen) atoms. The van der Waals surface area contributed by atoms with E-state index in [1.54, 1.807) is 25.1 Å². The first-order valence-corrected chi connectivity index (χ1v) is 9.80. The van der Waals surface area contributed by atoms with Gasteiger partial charge in [-0.3, -0.25) is 9.79 Å². The number of thiazole rings is 1. The van der Waals surface area contributed by atoms with Gasteiger partial charge in [0, 0.05) is 17.3 Å². The standard InChI is InChI=1S/C20H16Cl2N2O3S/c1-11-19(28-20(24-11)13-5-3-4-6-14(13)21)15(25)10-23-9-12-7-8-16(27-2)18(26)17(12)22/h3-9,26H,10H2,1-2H3. The van der Waals surface area contributed by atoms with Crippen LogP contribution in [0.25, 0.3) is 10.6 Å². The van der Waals surface area contributed by atoms with E-state index in [4.69, 9.17) is 27.9 Å². The summed E-state index contributed by atoms with van der Waals surface area (Å²) in [6.07, 6.45) is 1.45. The first kappa shape index (κ1) is 20.3. The molecule has 0 radical (unpaired) electrons. The summed E-state index contributed by atoms with van der Waals surface area (Å²) in [5.74, 6) is -0.0499. The van der Waals surface area contributed by atoms with Crippen LogP contribution in [0.2, 0.25) is 10.0 Å². The summed E-state index contributed by atoms with van der Waals surface area (Å²) in [6, 6.07) is 10.6. The maximum atomic E-state index is 12.6. The maximum absolute atomic E-state index is 12.6. The number of hydrogen-bond acceptors (Lipinski definition) is 6. The molecule has 0 aliphatic rings. The number of aryl methyl sites for hydroxylation is 1. The Kier molecular flexibility index (Phi) is 6.34. The highest BCUT2D eigenvalue weighted by Crippen LogP contribution is 2.35. The Morgan fingerprint density at radius 1 is 1.29 bits per heavy atom. The lowest BCUT2D eigenvalue weighted by Gasteiger charge is -2.06. The molecule has 2 aromatic carbocycles. The van der Waals surface area contributed by atoms with Crippen molar-refractivity contribution in [3.05, 3.63) is 62.6 Å². The molecule has 0 aliphatic heterocycles. The maximum Gasteiger partial charge on any atom is 0.196 e. The number of phenols is 1. The lowest BCUT2D eigenvalue weighted by Crippen LogP contribution is -2.03. The molecule has 3 aromatic rings. The van der Waals surface area contributed by atoms with Gasteiger partial charge in [-0.1, -0.05) is 41.4 Å². The highest BCUT2D eigenvalue weighted by atomic mass is 35.5. The molecule has 1 heterocycles. The second-order valence-electron chi connectivity index (χ2n) is 5.83. The minimum absolute atomic E-state index is 0.0614. The number of nitrogens with zero attached hydrogens (tertiary/aromatic N) is 2. The summed E-state index contributed by atoms with van der Waals surface area (Å²) in [4.78, 5) is 21.7. The average molecular weight is 435 g/mol. The molecule has 0 atom stereocenters. The third kappa shape index (κ3) is 4.19. The van der Waals surface area contributed by atoms with Crippen LogP contribution in [0.3, 0.4) is 0 Å². The lowest BCUT2D eigenvalue weighted by molar-refractivity contribution is 0.100. The lowest BCUT2D eigenvalue weighted by atomic mass is 10.2. The summed E-state index contributed by atoms with van der Waals surface area (Å²) in [5, 5.41) is 11.3. The smallest absolute Gasteiger partial charge is 0.196 e. The minimum Gasteiger partial charge on any atom is -0.503 e. The quantitative estimate of drug-likeness (QED) is 0.413. The molecule has 3 rings (SSSR count). The molecule has 0 aliphatic carbocycles. The fourth-order valence-electron chi connectivity index (χ4n) is 2.53. The number of halogens is 2. The van der Waals surface area contributed by atoms with Gasteiger partial charge in [0.1, 0.15) is 11.6 Å². The molecular weight excluding hydrogens is 419 g/mol. The van der Waals surface area contributed by atoms with Gasteiger partial charge in [-0.05, 0) is 25.1 Å². The van der Waals surface area contributed by atoms with E-state index in [1.165, 1.54) is 24.7 Å². The molecule has 1 aromatic heterocycles. The van der Waals surface area contributed by atoms with E-state index in [1.807, 2.05) is 18.2 Å². The van der Waals surface area contributed by atoms with Crippen molar-refractivity contribution in [2.75, 3.05) is 13.7 Å². The van der Waals surface area contributed by atoms with E-state index in [2.05, 4.69) is 9.98 Å². The van der Waals surface area contributed by atoms with Crippen molar-refractivity contribution in [2.24, 2.45) is 4.99 Å². The van der Waals surface area contributed by atoms with Crippen molar-refractivity contribution in [2.45, 2.75) is 6.92 Å². The van der Waals surface area contributed by atoms with Gasteiger partial charge in [0.2, 0.25) is 0 Å². The van der Waals surface area contributed by atoms with Crippen molar-refractivity contribution in [3.63, 3.8) is 0 Å². The number of benzene rings is 2. The third-order valence-electron chi connectivity index (χ3n) is 3.95. The number of aromatic hydroxyl groups is 1. The Morgan fingerprint density at radius 2 is 2.04 bits per heavy atom. The third-order valence-corrected chi connectivity index (χ3v) is 5.91. The number of carbonyl (C=O) groups excluding carboxylic acids is 1. The van der Waals surface area contributed by atoms with Crippen LogP contribution in [-0.4, -0.2) is 35.7 Å². The summed E-state index contributed by atoms with van der Waals surface area (Å²) < 4.78 is 4.99. The Bertz CT molecular complexity index is 1060. The van der Waals surface area contributed by atoms with Gasteiger partial charge in [-0.15, -0.1) is 11.3 Å². The number of aromatic nitrogens is 1. The van der Waals surface area contributed by atoms with Crippen LogP contribution in [-0.2, 0) is 0 Å². The van der Waals surface area contributed by atoms with Crippen LogP contribution >= 0.6 is 34.5 Å². The van der Waals surface area contributed by atoms with Gasteiger partial charge >= 0.3 is 0 Å². The first-order chi connectivity index (χ1) is 13.4. The number of aliphatic imine (C=N–C) groups is 1. The number of ketones is 1. The van der Waals surface area contributed by atoms with Gasteiger partial charge in [0.25, 0.3) is 0 Å². The van der Waals surface area contributed by atoms with Crippen molar-refractivity contribution < 1.29 is 14.6 Å². The summed E-state index contributed by atoms with van der Waals surface area (Å²) in [7, 11) is 1.44. The Morgan fingerprint density at radius 3 is 2.75 bits per heavy atom. The largest absolute Gasteiger partial charge is 0.503 e. The number of carbonyl (C=O) groups is 1. The predicted molar refractivity (Wildman–Crippen MR) is 114 cm³/mol.